The number of nitrogens with one attached hydrogen (secondary N) is 1. The van der Waals surface area contributed by atoms with Gasteiger partial charge in [0.1, 0.15) is 5.60 Å². The van der Waals surface area contributed by atoms with E-state index >= 15 is 0 Å². The van der Waals surface area contributed by atoms with Gasteiger partial charge < -0.3 is 15.2 Å². The van der Waals surface area contributed by atoms with Crippen molar-refractivity contribution in [2.75, 3.05) is 0 Å². The van der Waals surface area contributed by atoms with Crippen LogP contribution in [0.5, 0.6) is 0 Å². The van der Waals surface area contributed by atoms with Crippen LogP contribution in [0.25, 0.3) is 28.0 Å². The number of nitrogens with zero attached hydrogens (tertiary/aromatic N) is 7. The fourth-order valence-electron chi connectivity index (χ4n) is 4.28. The number of rotatable bonds is 9. The predicted octanol–water partition coefficient (Wildman–Crippen LogP) is 4.48. The molecule has 204 valence electrons. The first-order valence-electron chi connectivity index (χ1n) is 13.0. The van der Waals surface area contributed by atoms with Gasteiger partial charge in [0.15, 0.2) is 0 Å². The number of aromatic nitrogens is 7. The maximum atomic E-state index is 12.4. The van der Waals surface area contributed by atoms with E-state index < -0.39 is 23.3 Å². The lowest BCUT2D eigenvalue weighted by Crippen LogP contribution is -2.52. The molecule has 0 fully saturated rings. The Labute approximate surface area is 222 Å². The molecule has 0 saturated heterocycles. The Bertz CT molecular complexity index is 1390. The Balaban J connectivity index is 1.62. The summed E-state index contributed by atoms with van der Waals surface area (Å²) < 4.78 is 10.9. The molecule has 1 atom stereocenters. The molecule has 0 unspecified atom stereocenters. The molecule has 0 radical (unpaired) electrons. The Hall–Kier alpha value is -3.73. The third kappa shape index (κ3) is 6.21. The van der Waals surface area contributed by atoms with Crippen LogP contribution in [0.1, 0.15) is 67.3 Å². The SMILES string of the molecule is CCC(CC)n1cc(-c2nc(-c3cnn(C[C@H](NC(=O)OC(C)(C)C)C(C)(C)O)c3)cn3nccc23)cn1. The summed E-state index contributed by atoms with van der Waals surface area (Å²) in [7, 11) is 0. The van der Waals surface area contributed by atoms with Crippen LogP contribution in [0, 0.1) is 0 Å². The normalized spacial score (nSPS) is 13.3. The number of carbonyl (C=O) groups is 1. The van der Waals surface area contributed by atoms with E-state index in [1.807, 2.05) is 35.5 Å². The molecule has 0 aliphatic rings. The summed E-state index contributed by atoms with van der Waals surface area (Å²) in [6.45, 7) is 13.2. The summed E-state index contributed by atoms with van der Waals surface area (Å²) in [5.74, 6) is 0. The van der Waals surface area contributed by atoms with Gasteiger partial charge >= 0.3 is 6.09 Å². The van der Waals surface area contributed by atoms with Gasteiger partial charge in [-0.1, -0.05) is 13.8 Å². The minimum Gasteiger partial charge on any atom is -0.444 e. The van der Waals surface area contributed by atoms with Gasteiger partial charge in [0.25, 0.3) is 0 Å². The van der Waals surface area contributed by atoms with E-state index in [4.69, 9.17) is 9.72 Å². The monoisotopic (exact) mass is 522 g/mol. The van der Waals surface area contributed by atoms with Gasteiger partial charge in [-0.15, -0.1) is 0 Å². The molecule has 4 heterocycles. The average Bonchev–Trinajstić information content (AvgIpc) is 3.58. The molecule has 0 aromatic carbocycles. The van der Waals surface area contributed by atoms with E-state index in [9.17, 15) is 9.90 Å². The average molecular weight is 523 g/mol. The van der Waals surface area contributed by atoms with Crippen LogP contribution < -0.4 is 5.32 Å². The van der Waals surface area contributed by atoms with Crippen LogP contribution in [-0.2, 0) is 11.3 Å². The molecule has 0 aliphatic heterocycles. The van der Waals surface area contributed by atoms with Crippen molar-refractivity contribution in [3.63, 3.8) is 0 Å². The van der Waals surface area contributed by atoms with Crippen molar-refractivity contribution in [3.05, 3.63) is 43.2 Å². The first-order chi connectivity index (χ1) is 17.9. The van der Waals surface area contributed by atoms with Crippen molar-refractivity contribution in [3.8, 4) is 22.5 Å². The lowest BCUT2D eigenvalue weighted by Gasteiger charge is -2.31. The fraction of sp³-hybridized carbons (Fsp3) is 0.519. The maximum absolute atomic E-state index is 12.4. The van der Waals surface area contributed by atoms with Crippen molar-refractivity contribution in [2.45, 2.75) is 91.1 Å². The van der Waals surface area contributed by atoms with Gasteiger partial charge in [-0.3, -0.25) is 9.36 Å². The lowest BCUT2D eigenvalue weighted by atomic mass is 9.99. The number of amides is 1. The smallest absolute Gasteiger partial charge is 0.408 e. The molecule has 4 rings (SSSR count). The molecule has 0 spiro atoms. The molecule has 0 saturated carbocycles. The van der Waals surface area contributed by atoms with Crippen molar-refractivity contribution in [1.82, 2.24) is 39.5 Å². The number of hydrogen-bond donors (Lipinski definition) is 2. The molecule has 11 heteroatoms. The zero-order chi connectivity index (χ0) is 27.7. The summed E-state index contributed by atoms with van der Waals surface area (Å²) in [6.07, 6.45) is 12.4. The first-order valence-corrected chi connectivity index (χ1v) is 13.0. The zero-order valence-electron chi connectivity index (χ0n) is 23.2. The quantitative estimate of drug-likeness (QED) is 0.332. The number of fused-ring (bicyclic) bond motifs is 1. The highest BCUT2D eigenvalue weighted by atomic mass is 16.6. The Kier molecular flexibility index (Phi) is 7.59. The molecule has 4 aromatic heterocycles. The molecule has 0 aliphatic carbocycles. The molecule has 11 nitrogen and oxygen atoms in total. The number of aliphatic hydroxyl groups is 1. The van der Waals surface area contributed by atoms with Gasteiger partial charge in [0.05, 0.1) is 65.9 Å². The summed E-state index contributed by atoms with van der Waals surface area (Å²) >= 11 is 0. The van der Waals surface area contributed by atoms with Crippen LogP contribution in [0.3, 0.4) is 0 Å². The summed E-state index contributed by atoms with van der Waals surface area (Å²) in [5, 5.41) is 27.0. The van der Waals surface area contributed by atoms with Gasteiger partial charge in [0, 0.05) is 23.5 Å². The van der Waals surface area contributed by atoms with Crippen LogP contribution in [0.15, 0.2) is 43.2 Å². The molecule has 4 aromatic rings. The maximum Gasteiger partial charge on any atom is 0.408 e. The van der Waals surface area contributed by atoms with Gasteiger partial charge in [0.2, 0.25) is 0 Å². The van der Waals surface area contributed by atoms with E-state index in [0.29, 0.717) is 11.7 Å². The molecular formula is C27H38N8O3. The van der Waals surface area contributed by atoms with Crippen LogP contribution in [0.2, 0.25) is 0 Å². The first kappa shape index (κ1) is 27.3. The second-order valence-electron chi connectivity index (χ2n) is 11.1. The van der Waals surface area contributed by atoms with Crippen molar-refractivity contribution in [2.24, 2.45) is 0 Å². The predicted molar refractivity (Wildman–Crippen MR) is 145 cm³/mol. The topological polar surface area (TPSA) is 124 Å². The van der Waals surface area contributed by atoms with Gasteiger partial charge in [-0.05, 0) is 53.5 Å². The number of ether oxygens (including phenoxy) is 1. The fourth-order valence-corrected chi connectivity index (χ4v) is 4.28. The minimum atomic E-state index is -1.21. The third-order valence-corrected chi connectivity index (χ3v) is 6.42. The number of alkyl carbamates (subject to hydrolysis) is 1. The molecular weight excluding hydrogens is 484 g/mol. The van der Waals surface area contributed by atoms with Crippen molar-refractivity contribution >= 4 is 11.6 Å². The third-order valence-electron chi connectivity index (χ3n) is 6.42. The Morgan fingerprint density at radius 1 is 1.03 bits per heavy atom. The van der Waals surface area contributed by atoms with Gasteiger partial charge in [-0.25, -0.2) is 14.3 Å². The minimum absolute atomic E-state index is 0.238. The van der Waals surface area contributed by atoms with Crippen LogP contribution >= 0.6 is 0 Å². The van der Waals surface area contributed by atoms with E-state index in [2.05, 4.69) is 34.5 Å². The van der Waals surface area contributed by atoms with Crippen LogP contribution in [0.4, 0.5) is 4.79 Å². The second kappa shape index (κ2) is 10.6. The summed E-state index contributed by atoms with van der Waals surface area (Å²) in [6, 6.07) is 1.63. The second-order valence-corrected chi connectivity index (χ2v) is 11.1. The van der Waals surface area contributed by atoms with E-state index in [0.717, 1.165) is 35.2 Å². The standard InChI is InChI=1S/C27H38N8O3/c1-8-20(9-2)34-15-19(13-30-34)24-22-10-11-28-35(22)16-21(31-24)18-12-29-33(14-18)17-23(27(6,7)37)32-25(36)38-26(3,4)5/h10-16,20,23,37H,8-9,17H2,1-7H3,(H,32,36)/t23-/m0/s1. The highest BCUT2D eigenvalue weighted by Gasteiger charge is 2.31. The largest absolute Gasteiger partial charge is 0.444 e. The van der Waals surface area contributed by atoms with Gasteiger partial charge in [-0.2, -0.15) is 15.3 Å². The Morgan fingerprint density at radius 3 is 2.39 bits per heavy atom. The van der Waals surface area contributed by atoms with Crippen molar-refractivity contribution in [1.29, 1.82) is 0 Å². The lowest BCUT2D eigenvalue weighted by molar-refractivity contribution is 0.0118. The molecule has 38 heavy (non-hydrogen) atoms. The molecule has 2 N–H and O–H groups in total. The highest BCUT2D eigenvalue weighted by Crippen LogP contribution is 2.28. The van der Waals surface area contributed by atoms with Crippen LogP contribution in [-0.4, -0.2) is 62.6 Å². The molecule has 1 amide bonds. The van der Waals surface area contributed by atoms with E-state index in [1.54, 1.807) is 56.2 Å². The summed E-state index contributed by atoms with van der Waals surface area (Å²) in [4.78, 5) is 17.3. The number of carbonyl (C=O) groups excluding carboxylic acids is 1. The van der Waals surface area contributed by atoms with Crippen molar-refractivity contribution < 1.29 is 14.6 Å². The summed E-state index contributed by atoms with van der Waals surface area (Å²) in [5.41, 5.74) is 2.20. The van der Waals surface area contributed by atoms with E-state index in [1.165, 1.54) is 0 Å². The van der Waals surface area contributed by atoms with E-state index in [-0.39, 0.29) is 6.54 Å². The Morgan fingerprint density at radius 2 is 1.74 bits per heavy atom. The molecule has 0 bridgehead atoms. The number of hydrogen-bond acceptors (Lipinski definition) is 7. The zero-order valence-corrected chi connectivity index (χ0v) is 23.2. The highest BCUT2D eigenvalue weighted by molar-refractivity contribution is 5.78.